The van der Waals surface area contributed by atoms with Crippen LogP contribution in [0.15, 0.2) is 23.5 Å². The van der Waals surface area contributed by atoms with Gasteiger partial charge in [-0.05, 0) is 0 Å². The number of imidazole rings is 1. The number of aromatic amines is 1. The van der Waals surface area contributed by atoms with Crippen molar-refractivity contribution in [3.8, 4) is 11.9 Å². The lowest BCUT2D eigenvalue weighted by Crippen LogP contribution is -2.12. The van der Waals surface area contributed by atoms with Crippen molar-refractivity contribution >= 4 is 11.6 Å². The van der Waals surface area contributed by atoms with Gasteiger partial charge in [-0.2, -0.15) is 5.26 Å². The molecule has 0 atom stereocenters. The van der Waals surface area contributed by atoms with E-state index in [2.05, 4.69) is 15.0 Å². The fraction of sp³-hybridized carbons (Fsp3) is 0. The lowest BCUT2D eigenvalue weighted by molar-refractivity contribution is 0.940. The quantitative estimate of drug-likeness (QED) is 0.759. The number of H-pyrrole nitrogens is 1. The van der Waals surface area contributed by atoms with E-state index in [1.807, 2.05) is 6.07 Å². The Morgan fingerprint density at radius 2 is 2.33 bits per heavy atom. The lowest BCUT2D eigenvalue weighted by atomic mass is 10.5. The first-order valence-electron chi connectivity index (χ1n) is 3.91. The number of hydrogen-bond acceptors (Lipinski definition) is 4. The number of nitriles is 1. The maximum Gasteiger partial charge on any atom is 0.271 e. The van der Waals surface area contributed by atoms with Crippen molar-refractivity contribution in [3.63, 3.8) is 0 Å². The van der Waals surface area contributed by atoms with Crippen LogP contribution in [-0.2, 0) is 0 Å². The van der Waals surface area contributed by atoms with Gasteiger partial charge in [0.25, 0.3) is 5.56 Å². The van der Waals surface area contributed by atoms with Gasteiger partial charge in [0.05, 0.1) is 6.33 Å². The molecule has 0 aliphatic heterocycles. The van der Waals surface area contributed by atoms with Crippen LogP contribution < -0.4 is 5.56 Å². The SMILES string of the molecule is N#Cc1nccn1-c1nc[nH]c(=O)c1Cl. The first-order valence-corrected chi connectivity index (χ1v) is 4.29. The molecule has 7 heteroatoms. The van der Waals surface area contributed by atoms with Gasteiger partial charge in [-0.3, -0.25) is 9.36 Å². The molecular formula is C8H4ClN5O. The van der Waals surface area contributed by atoms with E-state index < -0.39 is 5.56 Å². The van der Waals surface area contributed by atoms with Crippen LogP contribution in [0.3, 0.4) is 0 Å². The summed E-state index contributed by atoms with van der Waals surface area (Å²) in [6.07, 6.45) is 4.15. The largest absolute Gasteiger partial charge is 0.312 e. The molecule has 2 aromatic rings. The van der Waals surface area contributed by atoms with E-state index in [4.69, 9.17) is 16.9 Å². The predicted molar refractivity (Wildman–Crippen MR) is 51.7 cm³/mol. The summed E-state index contributed by atoms with van der Waals surface area (Å²) in [7, 11) is 0. The molecule has 0 fully saturated rings. The average molecular weight is 222 g/mol. The molecule has 0 saturated carbocycles. The van der Waals surface area contributed by atoms with Crippen LogP contribution in [0.1, 0.15) is 5.82 Å². The van der Waals surface area contributed by atoms with Gasteiger partial charge < -0.3 is 4.98 Å². The zero-order chi connectivity index (χ0) is 10.8. The molecule has 0 saturated heterocycles. The van der Waals surface area contributed by atoms with Gasteiger partial charge in [0.15, 0.2) is 5.82 Å². The zero-order valence-electron chi connectivity index (χ0n) is 7.31. The molecule has 74 valence electrons. The highest BCUT2D eigenvalue weighted by Crippen LogP contribution is 2.13. The number of halogens is 1. The normalized spacial score (nSPS) is 9.87. The number of aromatic nitrogens is 4. The third-order valence-corrected chi connectivity index (χ3v) is 2.09. The number of nitrogens with one attached hydrogen (secondary N) is 1. The zero-order valence-corrected chi connectivity index (χ0v) is 8.06. The fourth-order valence-electron chi connectivity index (χ4n) is 1.10. The second-order valence-electron chi connectivity index (χ2n) is 2.60. The molecule has 0 amide bonds. The summed E-state index contributed by atoms with van der Waals surface area (Å²) in [5.41, 5.74) is -0.459. The molecule has 0 radical (unpaired) electrons. The average Bonchev–Trinajstić information content (AvgIpc) is 2.70. The highest BCUT2D eigenvalue weighted by atomic mass is 35.5. The Hall–Kier alpha value is -2.13. The van der Waals surface area contributed by atoms with Crippen molar-refractivity contribution in [1.82, 2.24) is 19.5 Å². The summed E-state index contributed by atoms with van der Waals surface area (Å²) < 4.78 is 1.34. The summed E-state index contributed by atoms with van der Waals surface area (Å²) >= 11 is 5.75. The highest BCUT2D eigenvalue weighted by molar-refractivity contribution is 6.31. The molecule has 2 aromatic heterocycles. The fourth-order valence-corrected chi connectivity index (χ4v) is 1.29. The molecule has 6 nitrogen and oxygen atoms in total. The molecule has 1 N–H and O–H groups in total. The van der Waals surface area contributed by atoms with Gasteiger partial charge >= 0.3 is 0 Å². The molecule has 2 rings (SSSR count). The van der Waals surface area contributed by atoms with Gasteiger partial charge in [-0.1, -0.05) is 11.6 Å². The Bertz CT molecular complexity index is 594. The molecule has 0 aromatic carbocycles. The standard InChI is InChI=1S/C8H4ClN5O/c9-6-7(12-4-13-8(6)15)14-2-1-11-5(14)3-10/h1-2,4H,(H,12,13,15). The third-order valence-electron chi connectivity index (χ3n) is 1.75. The monoisotopic (exact) mass is 221 g/mol. The van der Waals surface area contributed by atoms with Crippen LogP contribution in [0, 0.1) is 11.3 Å². The first-order chi connectivity index (χ1) is 7.24. The maximum atomic E-state index is 11.2. The van der Waals surface area contributed by atoms with Crippen LogP contribution in [0.2, 0.25) is 5.02 Å². The van der Waals surface area contributed by atoms with Crippen LogP contribution in [0.5, 0.6) is 0 Å². The van der Waals surface area contributed by atoms with Crippen molar-refractivity contribution in [3.05, 3.63) is 39.9 Å². The van der Waals surface area contributed by atoms with Gasteiger partial charge in [0, 0.05) is 12.4 Å². The predicted octanol–water partition coefficient (Wildman–Crippen LogP) is 0.481. The van der Waals surface area contributed by atoms with Crippen molar-refractivity contribution in [2.45, 2.75) is 0 Å². The molecule has 0 unspecified atom stereocenters. The van der Waals surface area contributed by atoms with Gasteiger partial charge in [-0.15, -0.1) is 0 Å². The third kappa shape index (κ3) is 1.49. The van der Waals surface area contributed by atoms with Crippen LogP contribution in [0.25, 0.3) is 5.82 Å². The highest BCUT2D eigenvalue weighted by Gasteiger charge is 2.11. The summed E-state index contributed by atoms with van der Waals surface area (Å²) in [5.74, 6) is 0.310. The van der Waals surface area contributed by atoms with E-state index in [9.17, 15) is 4.79 Å². The van der Waals surface area contributed by atoms with E-state index in [0.29, 0.717) is 0 Å². The Balaban J connectivity index is 2.71. The van der Waals surface area contributed by atoms with Gasteiger partial charge in [-0.25, -0.2) is 9.97 Å². The van der Waals surface area contributed by atoms with Crippen LogP contribution in [0.4, 0.5) is 0 Å². The van der Waals surface area contributed by atoms with Gasteiger partial charge in [0.2, 0.25) is 5.82 Å². The van der Waals surface area contributed by atoms with E-state index >= 15 is 0 Å². The van der Waals surface area contributed by atoms with E-state index in [0.717, 1.165) is 0 Å². The summed E-state index contributed by atoms with van der Waals surface area (Å²) in [6, 6.07) is 1.86. The van der Waals surface area contributed by atoms with Crippen molar-refractivity contribution in [2.75, 3.05) is 0 Å². The Morgan fingerprint density at radius 1 is 1.53 bits per heavy atom. The molecule has 15 heavy (non-hydrogen) atoms. The maximum absolute atomic E-state index is 11.2. The minimum absolute atomic E-state index is 0.0769. The first kappa shape index (κ1) is 9.43. The van der Waals surface area contributed by atoms with E-state index in [1.165, 1.54) is 23.3 Å². The van der Waals surface area contributed by atoms with Crippen LogP contribution >= 0.6 is 11.6 Å². The Kier molecular flexibility index (Phi) is 2.23. The van der Waals surface area contributed by atoms with E-state index in [-0.39, 0.29) is 16.7 Å². The van der Waals surface area contributed by atoms with Crippen molar-refractivity contribution < 1.29 is 0 Å². The lowest BCUT2D eigenvalue weighted by Gasteiger charge is -2.02. The molecular weight excluding hydrogens is 218 g/mol. The molecule has 0 aliphatic rings. The van der Waals surface area contributed by atoms with Crippen molar-refractivity contribution in [1.29, 1.82) is 5.26 Å². The summed E-state index contributed by atoms with van der Waals surface area (Å²) in [6.45, 7) is 0. The van der Waals surface area contributed by atoms with E-state index in [1.54, 1.807) is 0 Å². The van der Waals surface area contributed by atoms with Gasteiger partial charge in [0.1, 0.15) is 11.1 Å². The number of rotatable bonds is 1. The second-order valence-corrected chi connectivity index (χ2v) is 2.98. The summed E-state index contributed by atoms with van der Waals surface area (Å²) in [4.78, 5) is 21.2. The van der Waals surface area contributed by atoms with Crippen LogP contribution in [-0.4, -0.2) is 19.5 Å². The smallest absolute Gasteiger partial charge is 0.271 e. The Labute approximate surface area is 88.8 Å². The minimum Gasteiger partial charge on any atom is -0.312 e. The number of nitrogens with zero attached hydrogens (tertiary/aromatic N) is 4. The molecule has 0 bridgehead atoms. The summed E-state index contributed by atoms with van der Waals surface area (Å²) in [5, 5.41) is 8.66. The molecule has 0 spiro atoms. The Morgan fingerprint density at radius 3 is 3.07 bits per heavy atom. The second kappa shape index (κ2) is 3.55. The molecule has 0 aliphatic carbocycles. The molecule has 2 heterocycles. The topological polar surface area (TPSA) is 87.4 Å². The minimum atomic E-state index is -0.459. The van der Waals surface area contributed by atoms with Crippen molar-refractivity contribution in [2.24, 2.45) is 0 Å². The number of hydrogen-bond donors (Lipinski definition) is 1.